The zero-order valence-electron chi connectivity index (χ0n) is 14.9. The molecule has 2 heterocycles. The van der Waals surface area contributed by atoms with E-state index < -0.39 is 0 Å². The average Bonchev–Trinajstić information content (AvgIpc) is 3.28. The number of thioether (sulfide) groups is 1. The van der Waals surface area contributed by atoms with Crippen LogP contribution in [0.1, 0.15) is 21.8 Å². The average molecular weight is 394 g/mol. The van der Waals surface area contributed by atoms with Crippen molar-refractivity contribution >= 4 is 23.1 Å². The molecule has 0 aliphatic carbocycles. The lowest BCUT2D eigenvalue weighted by molar-refractivity contribution is 0.849. The van der Waals surface area contributed by atoms with E-state index in [1.807, 2.05) is 30.3 Å². The number of aryl methyl sites for hydroxylation is 1. The summed E-state index contributed by atoms with van der Waals surface area (Å²) in [5, 5.41) is 12.4. The van der Waals surface area contributed by atoms with Crippen LogP contribution >= 0.6 is 23.1 Å². The van der Waals surface area contributed by atoms with Gasteiger partial charge in [0.05, 0.1) is 10.7 Å². The molecule has 27 heavy (non-hydrogen) atoms. The van der Waals surface area contributed by atoms with Crippen LogP contribution in [-0.2, 0) is 12.2 Å². The summed E-state index contributed by atoms with van der Waals surface area (Å²) in [6.45, 7) is 2.05. The standard InChI is InChI=1S/C20H19N5S2/c1-14-7-9-16(10-8-14)19-23-24-20(25(19)21)27-13-17-12-26-18(22-17)11-15-5-3-2-4-6-15/h2-10,12H,11,13,21H2,1H3. The van der Waals surface area contributed by atoms with Gasteiger partial charge in [0.1, 0.15) is 0 Å². The molecule has 0 saturated carbocycles. The maximum absolute atomic E-state index is 6.20. The summed E-state index contributed by atoms with van der Waals surface area (Å²) < 4.78 is 1.55. The van der Waals surface area contributed by atoms with Crippen molar-refractivity contribution in [3.63, 3.8) is 0 Å². The summed E-state index contributed by atoms with van der Waals surface area (Å²) in [4.78, 5) is 4.72. The van der Waals surface area contributed by atoms with E-state index in [4.69, 9.17) is 10.8 Å². The van der Waals surface area contributed by atoms with Crippen LogP contribution in [0.15, 0.2) is 65.1 Å². The van der Waals surface area contributed by atoms with Crippen LogP contribution in [0.2, 0.25) is 0 Å². The molecule has 0 fully saturated rings. The molecular formula is C20H19N5S2. The summed E-state index contributed by atoms with van der Waals surface area (Å²) in [7, 11) is 0. The number of hydrogen-bond donors (Lipinski definition) is 1. The van der Waals surface area contributed by atoms with E-state index in [1.54, 1.807) is 27.8 Å². The summed E-state index contributed by atoms with van der Waals surface area (Å²) in [6.07, 6.45) is 0.862. The van der Waals surface area contributed by atoms with E-state index in [-0.39, 0.29) is 0 Å². The molecule has 5 nitrogen and oxygen atoms in total. The van der Waals surface area contributed by atoms with Crippen LogP contribution in [0.4, 0.5) is 0 Å². The molecule has 0 unspecified atom stereocenters. The second-order valence-electron chi connectivity index (χ2n) is 6.23. The fraction of sp³-hybridized carbons (Fsp3) is 0.150. The van der Waals surface area contributed by atoms with Crippen LogP contribution in [0.5, 0.6) is 0 Å². The van der Waals surface area contributed by atoms with Gasteiger partial charge >= 0.3 is 0 Å². The van der Waals surface area contributed by atoms with E-state index in [1.165, 1.54) is 11.1 Å². The highest BCUT2D eigenvalue weighted by Crippen LogP contribution is 2.25. The molecule has 7 heteroatoms. The smallest absolute Gasteiger partial charge is 0.210 e. The molecule has 0 radical (unpaired) electrons. The van der Waals surface area contributed by atoms with Crippen molar-refractivity contribution in [3.05, 3.63) is 81.8 Å². The van der Waals surface area contributed by atoms with E-state index in [0.29, 0.717) is 16.7 Å². The Hall–Kier alpha value is -2.64. The topological polar surface area (TPSA) is 69.6 Å². The minimum Gasteiger partial charge on any atom is -0.335 e. The number of nitrogens with two attached hydrogens (primary N) is 1. The highest BCUT2D eigenvalue weighted by molar-refractivity contribution is 7.98. The Morgan fingerprint density at radius 2 is 1.81 bits per heavy atom. The Bertz CT molecular complexity index is 1020. The summed E-state index contributed by atoms with van der Waals surface area (Å²) in [5.74, 6) is 7.58. The van der Waals surface area contributed by atoms with Crippen LogP contribution < -0.4 is 5.84 Å². The third-order valence-electron chi connectivity index (χ3n) is 4.12. The molecule has 136 valence electrons. The van der Waals surface area contributed by atoms with Crippen LogP contribution in [0.3, 0.4) is 0 Å². The molecule has 4 rings (SSSR count). The van der Waals surface area contributed by atoms with Crippen molar-refractivity contribution < 1.29 is 0 Å². The van der Waals surface area contributed by atoms with Crippen LogP contribution in [0, 0.1) is 6.92 Å². The zero-order valence-corrected chi connectivity index (χ0v) is 16.5. The van der Waals surface area contributed by atoms with Crippen molar-refractivity contribution in [1.82, 2.24) is 19.9 Å². The number of nitrogens with zero attached hydrogens (tertiary/aromatic N) is 4. The van der Waals surface area contributed by atoms with Gasteiger partial charge < -0.3 is 5.84 Å². The predicted molar refractivity (Wildman–Crippen MR) is 111 cm³/mol. The van der Waals surface area contributed by atoms with Crippen molar-refractivity contribution in [2.75, 3.05) is 5.84 Å². The predicted octanol–water partition coefficient (Wildman–Crippen LogP) is 4.31. The van der Waals surface area contributed by atoms with Gasteiger partial charge in [0, 0.05) is 23.1 Å². The zero-order chi connectivity index (χ0) is 18.6. The highest BCUT2D eigenvalue weighted by Gasteiger charge is 2.13. The first-order valence-corrected chi connectivity index (χ1v) is 10.4. The van der Waals surface area contributed by atoms with Gasteiger partial charge in [0.25, 0.3) is 0 Å². The Kier molecular flexibility index (Phi) is 5.22. The maximum Gasteiger partial charge on any atom is 0.210 e. The molecule has 2 aromatic heterocycles. The Morgan fingerprint density at radius 3 is 2.59 bits per heavy atom. The monoisotopic (exact) mass is 393 g/mol. The minimum absolute atomic E-state index is 0.667. The van der Waals surface area contributed by atoms with Crippen LogP contribution in [0.25, 0.3) is 11.4 Å². The molecule has 0 saturated heterocycles. The largest absolute Gasteiger partial charge is 0.335 e. The summed E-state index contributed by atoms with van der Waals surface area (Å²) >= 11 is 3.24. The lowest BCUT2D eigenvalue weighted by atomic mass is 10.1. The molecule has 0 spiro atoms. The Morgan fingerprint density at radius 1 is 1.04 bits per heavy atom. The molecule has 2 N–H and O–H groups in total. The van der Waals surface area contributed by atoms with Gasteiger partial charge in [0.2, 0.25) is 5.16 Å². The van der Waals surface area contributed by atoms with Gasteiger partial charge in [-0.15, -0.1) is 21.5 Å². The van der Waals surface area contributed by atoms with Crippen LogP contribution in [-0.4, -0.2) is 19.9 Å². The van der Waals surface area contributed by atoms with E-state index in [9.17, 15) is 0 Å². The fourth-order valence-corrected chi connectivity index (χ4v) is 4.36. The lowest BCUT2D eigenvalue weighted by Gasteiger charge is -2.03. The first-order chi connectivity index (χ1) is 13.2. The number of aromatic nitrogens is 4. The lowest BCUT2D eigenvalue weighted by Crippen LogP contribution is -2.11. The first-order valence-electron chi connectivity index (χ1n) is 8.56. The molecule has 0 bridgehead atoms. The van der Waals surface area contributed by atoms with E-state index in [0.717, 1.165) is 22.7 Å². The van der Waals surface area contributed by atoms with E-state index >= 15 is 0 Å². The molecule has 0 atom stereocenters. The van der Waals surface area contributed by atoms with E-state index in [2.05, 4.69) is 46.8 Å². The third kappa shape index (κ3) is 4.20. The molecule has 0 aliphatic rings. The SMILES string of the molecule is Cc1ccc(-c2nnc(SCc3csc(Cc4ccccc4)n3)n2N)cc1. The number of nitrogen functional groups attached to an aromatic ring is 1. The van der Waals surface area contributed by atoms with Gasteiger partial charge in [-0.05, 0) is 12.5 Å². The quantitative estimate of drug-likeness (QED) is 0.390. The maximum atomic E-state index is 6.20. The summed E-state index contributed by atoms with van der Waals surface area (Å²) in [5.41, 5.74) is 4.47. The molecule has 2 aromatic carbocycles. The molecule has 0 amide bonds. The second-order valence-corrected chi connectivity index (χ2v) is 8.11. The fourth-order valence-electron chi connectivity index (χ4n) is 2.68. The number of hydrogen-bond acceptors (Lipinski definition) is 6. The highest BCUT2D eigenvalue weighted by atomic mass is 32.2. The third-order valence-corrected chi connectivity index (χ3v) is 6.00. The second kappa shape index (κ2) is 7.94. The first kappa shape index (κ1) is 17.8. The minimum atomic E-state index is 0.667. The van der Waals surface area contributed by atoms with Crippen molar-refractivity contribution in [3.8, 4) is 11.4 Å². The van der Waals surface area contributed by atoms with Gasteiger partial charge in [-0.3, -0.25) is 0 Å². The molecule has 4 aromatic rings. The van der Waals surface area contributed by atoms with Gasteiger partial charge in [-0.25, -0.2) is 9.66 Å². The normalized spacial score (nSPS) is 11.0. The van der Waals surface area contributed by atoms with Gasteiger partial charge in [0.15, 0.2) is 5.82 Å². The number of benzene rings is 2. The molecular weight excluding hydrogens is 374 g/mol. The van der Waals surface area contributed by atoms with Crippen molar-refractivity contribution in [1.29, 1.82) is 0 Å². The molecule has 0 aliphatic heterocycles. The van der Waals surface area contributed by atoms with Crippen molar-refractivity contribution in [2.24, 2.45) is 0 Å². The Balaban J connectivity index is 1.41. The van der Waals surface area contributed by atoms with Crippen molar-refractivity contribution in [2.45, 2.75) is 24.3 Å². The summed E-state index contributed by atoms with van der Waals surface area (Å²) in [6, 6.07) is 18.5. The number of thiazole rings is 1. The number of rotatable bonds is 6. The Labute approximate surface area is 166 Å². The van der Waals surface area contributed by atoms with Gasteiger partial charge in [-0.2, -0.15) is 0 Å². The van der Waals surface area contributed by atoms with Gasteiger partial charge in [-0.1, -0.05) is 71.9 Å².